The van der Waals surface area contributed by atoms with Crippen LogP contribution in [0.15, 0.2) is 102 Å². The number of fused-ring (bicyclic) bond motifs is 3. The molecule has 3 unspecified atom stereocenters. The van der Waals surface area contributed by atoms with E-state index in [1.807, 2.05) is 0 Å². The minimum atomic E-state index is -0.00543. The molecule has 0 saturated heterocycles. The third-order valence-corrected chi connectivity index (χ3v) is 12.7. The molecule has 10 rings (SSSR count). The highest BCUT2D eigenvalue weighted by atomic mass is 15.2. The van der Waals surface area contributed by atoms with Crippen LogP contribution in [0.1, 0.15) is 108 Å². The van der Waals surface area contributed by atoms with E-state index < -0.39 is 0 Å². The van der Waals surface area contributed by atoms with Crippen LogP contribution in [-0.4, -0.2) is 0 Å². The van der Waals surface area contributed by atoms with Gasteiger partial charge in [-0.05, 0) is 128 Å². The molecule has 1 nitrogen and oxygen atoms in total. The molecule has 44 heavy (non-hydrogen) atoms. The van der Waals surface area contributed by atoms with Gasteiger partial charge >= 0.3 is 0 Å². The number of allylic oxidation sites excluding steroid dienone is 6. The molecule has 0 aliphatic heterocycles. The van der Waals surface area contributed by atoms with Crippen molar-refractivity contribution in [3.05, 3.63) is 118 Å². The van der Waals surface area contributed by atoms with Gasteiger partial charge in [0.05, 0.1) is 0 Å². The largest absolute Gasteiger partial charge is 0.314 e. The van der Waals surface area contributed by atoms with Crippen LogP contribution in [0, 0.1) is 17.8 Å². The van der Waals surface area contributed by atoms with Crippen LogP contribution in [0.5, 0.6) is 0 Å². The SMILES string of the molecule is CC1(C)c2ccccc2-c2ccc(N(C3=CC=C(C4CCCCC4)CC3)c3ccccc3C34CC5=CC(CC(C5)C3)C4)cc21. The number of benzene rings is 3. The van der Waals surface area contributed by atoms with Crippen molar-refractivity contribution in [3.8, 4) is 11.1 Å². The Kier molecular flexibility index (Phi) is 6.20. The number of nitrogens with zero attached hydrogens (tertiary/aromatic N) is 1. The summed E-state index contributed by atoms with van der Waals surface area (Å²) < 4.78 is 0. The van der Waals surface area contributed by atoms with Crippen molar-refractivity contribution in [2.24, 2.45) is 17.8 Å². The van der Waals surface area contributed by atoms with E-state index in [-0.39, 0.29) is 10.8 Å². The first-order chi connectivity index (χ1) is 21.5. The molecule has 0 aromatic heterocycles. The highest BCUT2D eigenvalue weighted by molar-refractivity contribution is 5.84. The number of rotatable bonds is 5. The molecular formula is C43H47N. The molecule has 3 atom stereocenters. The maximum absolute atomic E-state index is 2.70. The molecule has 3 saturated carbocycles. The summed E-state index contributed by atoms with van der Waals surface area (Å²) in [7, 11) is 0. The highest BCUT2D eigenvalue weighted by Gasteiger charge is 2.49. The fraction of sp³-hybridized carbons (Fsp3) is 0.442. The fourth-order valence-electron chi connectivity index (χ4n) is 10.9. The van der Waals surface area contributed by atoms with Crippen LogP contribution in [0.25, 0.3) is 11.1 Å². The number of para-hydroxylation sites is 1. The molecule has 7 aliphatic carbocycles. The summed E-state index contributed by atoms with van der Waals surface area (Å²) in [4.78, 5) is 2.70. The highest BCUT2D eigenvalue weighted by Crippen LogP contribution is 2.60. The van der Waals surface area contributed by atoms with Gasteiger partial charge in [0.2, 0.25) is 0 Å². The lowest BCUT2D eigenvalue weighted by Crippen LogP contribution is -2.44. The summed E-state index contributed by atoms with van der Waals surface area (Å²) in [5.74, 6) is 2.46. The van der Waals surface area contributed by atoms with Crippen molar-refractivity contribution in [1.29, 1.82) is 0 Å². The molecule has 7 aliphatic rings. The molecule has 3 aromatic carbocycles. The van der Waals surface area contributed by atoms with Gasteiger partial charge < -0.3 is 4.90 Å². The van der Waals surface area contributed by atoms with Crippen LogP contribution < -0.4 is 4.90 Å². The number of hydrogen-bond donors (Lipinski definition) is 0. The third-order valence-electron chi connectivity index (χ3n) is 12.7. The predicted molar refractivity (Wildman–Crippen MR) is 184 cm³/mol. The standard InChI is InChI=1S/C43H47N/c1-42(2)38-13-7-6-12-36(38)37-21-20-35(25-40(37)42)44(34-18-16-33(17-19-34)32-10-4-3-5-11-32)41-15-9-8-14-39(41)43-26-29-22-30(27-43)24-31(23-29)28-43/h6-9,12-16,18,20-22,25,29,31-32H,3-5,10-11,17,19,23-24,26-28H2,1-2H3. The second-order valence-electron chi connectivity index (χ2n) is 15.7. The average molecular weight is 578 g/mol. The summed E-state index contributed by atoms with van der Waals surface area (Å²) in [5, 5.41) is 0. The van der Waals surface area contributed by atoms with Gasteiger partial charge in [0.1, 0.15) is 0 Å². The third kappa shape index (κ3) is 4.18. The van der Waals surface area contributed by atoms with Gasteiger partial charge in [-0.1, -0.05) is 105 Å². The van der Waals surface area contributed by atoms with Crippen molar-refractivity contribution >= 4 is 11.4 Å². The minimum Gasteiger partial charge on any atom is -0.314 e. The smallest absolute Gasteiger partial charge is 0.0496 e. The van der Waals surface area contributed by atoms with Crippen molar-refractivity contribution < 1.29 is 0 Å². The van der Waals surface area contributed by atoms with Crippen molar-refractivity contribution in [1.82, 2.24) is 0 Å². The van der Waals surface area contributed by atoms with Crippen molar-refractivity contribution in [3.63, 3.8) is 0 Å². The molecule has 0 heterocycles. The van der Waals surface area contributed by atoms with E-state index in [0.29, 0.717) is 0 Å². The zero-order chi connectivity index (χ0) is 29.5. The van der Waals surface area contributed by atoms with E-state index in [2.05, 4.69) is 104 Å². The van der Waals surface area contributed by atoms with E-state index in [1.54, 1.807) is 16.7 Å². The van der Waals surface area contributed by atoms with Gasteiger partial charge in [-0.3, -0.25) is 0 Å². The van der Waals surface area contributed by atoms with Gasteiger partial charge in [-0.25, -0.2) is 0 Å². The lowest BCUT2D eigenvalue weighted by Gasteiger charge is -2.54. The quantitative estimate of drug-likeness (QED) is 0.273. The predicted octanol–water partition coefficient (Wildman–Crippen LogP) is 11.7. The normalized spacial score (nSPS) is 28.2. The van der Waals surface area contributed by atoms with Gasteiger partial charge in [0.15, 0.2) is 0 Å². The first-order valence-corrected chi connectivity index (χ1v) is 17.7. The Labute approximate surface area is 264 Å². The molecule has 3 fully saturated rings. The summed E-state index contributed by atoms with van der Waals surface area (Å²) >= 11 is 0. The maximum Gasteiger partial charge on any atom is 0.0496 e. The molecule has 0 radical (unpaired) electrons. The van der Waals surface area contributed by atoms with Crippen LogP contribution in [0.3, 0.4) is 0 Å². The monoisotopic (exact) mass is 577 g/mol. The van der Waals surface area contributed by atoms with E-state index in [0.717, 1.165) is 24.2 Å². The van der Waals surface area contributed by atoms with Crippen LogP contribution in [0.4, 0.5) is 11.4 Å². The van der Waals surface area contributed by atoms with E-state index in [4.69, 9.17) is 0 Å². The minimum absolute atomic E-state index is 0.00543. The molecule has 1 heteroatoms. The summed E-state index contributed by atoms with van der Waals surface area (Å²) in [5.41, 5.74) is 15.3. The first-order valence-electron chi connectivity index (χ1n) is 17.7. The molecular weight excluding hydrogens is 530 g/mol. The number of anilines is 2. The zero-order valence-electron chi connectivity index (χ0n) is 26.7. The van der Waals surface area contributed by atoms with Crippen LogP contribution in [0.2, 0.25) is 0 Å². The zero-order valence-corrected chi connectivity index (χ0v) is 26.7. The Balaban J connectivity index is 1.19. The molecule has 0 amide bonds. The van der Waals surface area contributed by atoms with Crippen LogP contribution in [-0.2, 0) is 10.8 Å². The summed E-state index contributed by atoms with van der Waals surface area (Å²) in [6.45, 7) is 4.84. The van der Waals surface area contributed by atoms with E-state index in [9.17, 15) is 0 Å². The first kappa shape index (κ1) is 27.0. The maximum atomic E-state index is 2.70. The van der Waals surface area contributed by atoms with Gasteiger partial charge in [0, 0.05) is 27.9 Å². The lowest BCUT2D eigenvalue weighted by molar-refractivity contribution is 0.131. The Morgan fingerprint density at radius 2 is 1.55 bits per heavy atom. The van der Waals surface area contributed by atoms with Gasteiger partial charge in [0.25, 0.3) is 0 Å². The topological polar surface area (TPSA) is 3.24 Å². The van der Waals surface area contributed by atoms with E-state index in [1.165, 1.54) is 110 Å². The Bertz CT molecular complexity index is 1720. The van der Waals surface area contributed by atoms with Crippen LogP contribution >= 0.6 is 0 Å². The second-order valence-corrected chi connectivity index (χ2v) is 15.7. The summed E-state index contributed by atoms with van der Waals surface area (Å²) in [6.07, 6.45) is 23.8. The molecule has 4 bridgehead atoms. The molecule has 224 valence electrons. The lowest BCUT2D eigenvalue weighted by atomic mass is 9.51. The molecule has 3 aromatic rings. The Hall–Kier alpha value is -3.32. The summed E-state index contributed by atoms with van der Waals surface area (Å²) in [6, 6.07) is 26.1. The van der Waals surface area contributed by atoms with E-state index >= 15 is 0 Å². The van der Waals surface area contributed by atoms with Gasteiger partial charge in [-0.15, -0.1) is 0 Å². The number of hydrogen-bond acceptors (Lipinski definition) is 1. The van der Waals surface area contributed by atoms with Crippen molar-refractivity contribution in [2.75, 3.05) is 4.90 Å². The van der Waals surface area contributed by atoms with Crippen molar-refractivity contribution in [2.45, 2.75) is 102 Å². The molecule has 0 N–H and O–H groups in total. The Morgan fingerprint density at radius 1 is 0.750 bits per heavy atom. The average Bonchev–Trinajstić information content (AvgIpc) is 3.27. The second kappa shape index (κ2) is 10.1. The molecule has 0 spiro atoms. The van der Waals surface area contributed by atoms with Gasteiger partial charge in [-0.2, -0.15) is 0 Å². The Morgan fingerprint density at radius 3 is 2.34 bits per heavy atom. The fourth-order valence-corrected chi connectivity index (χ4v) is 10.9.